The van der Waals surface area contributed by atoms with Crippen molar-refractivity contribution in [2.75, 3.05) is 6.54 Å². The van der Waals surface area contributed by atoms with E-state index in [1.807, 2.05) is 11.4 Å². The van der Waals surface area contributed by atoms with E-state index in [4.69, 9.17) is 10.5 Å². The number of aryl methyl sites for hydroxylation is 1. The Morgan fingerprint density at radius 3 is 3.00 bits per heavy atom. The van der Waals surface area contributed by atoms with Gasteiger partial charge in [-0.05, 0) is 31.5 Å². The monoisotopic (exact) mass is 248 g/mol. The van der Waals surface area contributed by atoms with Crippen LogP contribution in [-0.2, 0) is 13.0 Å². The summed E-state index contributed by atoms with van der Waals surface area (Å²) in [5, 5.41) is 2.94. The van der Waals surface area contributed by atoms with Crippen LogP contribution in [0.15, 0.2) is 29.8 Å². The lowest BCUT2D eigenvalue weighted by atomic mass is 10.1. The van der Waals surface area contributed by atoms with Crippen LogP contribution in [0.4, 0.5) is 0 Å². The van der Waals surface area contributed by atoms with E-state index in [1.54, 1.807) is 17.5 Å². The normalized spacial score (nSPS) is 10.5. The zero-order valence-electron chi connectivity index (χ0n) is 9.85. The van der Waals surface area contributed by atoms with Gasteiger partial charge in [0.15, 0.2) is 0 Å². The van der Waals surface area contributed by atoms with E-state index in [1.165, 1.54) is 11.1 Å². The van der Waals surface area contributed by atoms with Crippen LogP contribution in [0.3, 0.4) is 0 Å². The Hall–Kier alpha value is -1.39. The minimum Gasteiger partial charge on any atom is -0.486 e. The second kappa shape index (κ2) is 5.80. The molecule has 0 saturated carbocycles. The van der Waals surface area contributed by atoms with Gasteiger partial charge in [0.2, 0.25) is 0 Å². The third-order valence-corrected chi connectivity index (χ3v) is 3.22. The summed E-state index contributed by atoms with van der Waals surface area (Å²) in [6.07, 6.45) is 2.63. The first kappa shape index (κ1) is 12.1. The summed E-state index contributed by atoms with van der Waals surface area (Å²) in [7, 11) is 0. The fourth-order valence-corrected chi connectivity index (χ4v) is 2.19. The molecule has 1 heterocycles. The number of nitrogens with two attached hydrogens (primary N) is 1. The fraction of sp³-hybridized carbons (Fsp3) is 0.308. The van der Waals surface area contributed by atoms with Crippen LogP contribution in [0.2, 0.25) is 0 Å². The largest absolute Gasteiger partial charge is 0.486 e. The van der Waals surface area contributed by atoms with E-state index in [0.717, 1.165) is 17.2 Å². The average molecular weight is 248 g/mol. The summed E-state index contributed by atoms with van der Waals surface area (Å²) in [5.74, 6) is 0.913. The van der Waals surface area contributed by atoms with Crippen molar-refractivity contribution in [3.63, 3.8) is 0 Å². The Morgan fingerprint density at radius 2 is 2.29 bits per heavy atom. The van der Waals surface area contributed by atoms with Gasteiger partial charge in [0.25, 0.3) is 0 Å². The van der Waals surface area contributed by atoms with Gasteiger partial charge in [0.05, 0.1) is 0 Å². The van der Waals surface area contributed by atoms with Gasteiger partial charge < -0.3 is 10.5 Å². The van der Waals surface area contributed by atoms with Crippen molar-refractivity contribution in [2.24, 2.45) is 5.73 Å². The van der Waals surface area contributed by atoms with E-state index in [2.05, 4.69) is 24.0 Å². The van der Waals surface area contributed by atoms with E-state index >= 15 is 0 Å². The first-order chi connectivity index (χ1) is 8.29. The Labute approximate surface area is 105 Å². The number of rotatable bonds is 5. The number of benzene rings is 1. The van der Waals surface area contributed by atoms with Crippen molar-refractivity contribution in [1.29, 1.82) is 0 Å². The fourth-order valence-electron chi connectivity index (χ4n) is 1.66. The highest BCUT2D eigenvalue weighted by atomic mass is 32.1. The van der Waals surface area contributed by atoms with E-state index < -0.39 is 0 Å². The summed E-state index contributed by atoms with van der Waals surface area (Å²) in [6, 6.07) is 6.19. The van der Waals surface area contributed by atoms with Crippen LogP contribution in [-0.4, -0.2) is 11.5 Å². The molecule has 0 unspecified atom stereocenters. The minimum atomic E-state index is 0.526. The highest BCUT2D eigenvalue weighted by molar-refractivity contribution is 7.09. The topological polar surface area (TPSA) is 48.1 Å². The van der Waals surface area contributed by atoms with Crippen molar-refractivity contribution in [3.8, 4) is 5.75 Å². The molecule has 1 aromatic carbocycles. The molecule has 1 aromatic heterocycles. The van der Waals surface area contributed by atoms with Gasteiger partial charge in [-0.25, -0.2) is 4.98 Å². The molecule has 0 atom stereocenters. The molecule has 0 radical (unpaired) electrons. The molecule has 17 heavy (non-hydrogen) atoms. The summed E-state index contributed by atoms with van der Waals surface area (Å²) >= 11 is 1.60. The van der Waals surface area contributed by atoms with Gasteiger partial charge in [0.1, 0.15) is 17.4 Å². The third kappa shape index (κ3) is 3.28. The third-order valence-electron chi connectivity index (χ3n) is 2.46. The van der Waals surface area contributed by atoms with Crippen molar-refractivity contribution in [2.45, 2.75) is 20.0 Å². The van der Waals surface area contributed by atoms with E-state index in [-0.39, 0.29) is 0 Å². The van der Waals surface area contributed by atoms with Crippen molar-refractivity contribution >= 4 is 11.3 Å². The van der Waals surface area contributed by atoms with Crippen LogP contribution in [0.25, 0.3) is 0 Å². The number of hydrogen-bond acceptors (Lipinski definition) is 4. The standard InChI is InChI=1S/C13H16N2OS/c1-10-2-3-12(11(8-10)4-5-14)16-9-13-15-6-7-17-13/h2-3,6-8H,4-5,9,14H2,1H3. The molecule has 0 fully saturated rings. The summed E-state index contributed by atoms with van der Waals surface area (Å²) in [6.45, 7) is 3.24. The highest BCUT2D eigenvalue weighted by Gasteiger charge is 2.04. The molecule has 2 aromatic rings. The van der Waals surface area contributed by atoms with Crippen molar-refractivity contribution < 1.29 is 4.74 Å². The quantitative estimate of drug-likeness (QED) is 0.884. The summed E-state index contributed by atoms with van der Waals surface area (Å²) < 4.78 is 5.78. The van der Waals surface area contributed by atoms with Gasteiger partial charge >= 0.3 is 0 Å². The number of thiazole rings is 1. The van der Waals surface area contributed by atoms with Crippen LogP contribution in [0.5, 0.6) is 5.75 Å². The second-order valence-corrected chi connectivity index (χ2v) is 4.84. The molecule has 2 rings (SSSR count). The maximum atomic E-state index is 5.78. The molecule has 4 heteroatoms. The lowest BCUT2D eigenvalue weighted by molar-refractivity contribution is 0.302. The molecule has 90 valence electrons. The molecule has 3 nitrogen and oxygen atoms in total. The lowest BCUT2D eigenvalue weighted by Crippen LogP contribution is -2.05. The minimum absolute atomic E-state index is 0.526. The predicted molar refractivity (Wildman–Crippen MR) is 70.4 cm³/mol. The van der Waals surface area contributed by atoms with Crippen LogP contribution in [0.1, 0.15) is 16.1 Å². The van der Waals surface area contributed by atoms with Crippen LogP contribution >= 0.6 is 11.3 Å². The molecule has 0 amide bonds. The molecule has 0 aliphatic heterocycles. The molecule has 2 N–H and O–H groups in total. The predicted octanol–water partition coefficient (Wildman–Crippen LogP) is 2.53. The van der Waals surface area contributed by atoms with E-state index in [0.29, 0.717) is 13.2 Å². The smallest absolute Gasteiger partial charge is 0.140 e. The molecule has 0 spiro atoms. The molecule has 0 aliphatic carbocycles. The number of hydrogen-bond donors (Lipinski definition) is 1. The molecular formula is C13H16N2OS. The van der Waals surface area contributed by atoms with E-state index in [9.17, 15) is 0 Å². The zero-order valence-corrected chi connectivity index (χ0v) is 10.7. The van der Waals surface area contributed by atoms with Gasteiger partial charge in [-0.2, -0.15) is 0 Å². The number of aromatic nitrogens is 1. The summed E-state index contributed by atoms with van der Waals surface area (Å²) in [5.41, 5.74) is 8.01. The molecule has 0 bridgehead atoms. The Balaban J connectivity index is 2.08. The highest BCUT2D eigenvalue weighted by Crippen LogP contribution is 2.21. The zero-order chi connectivity index (χ0) is 12.1. The van der Waals surface area contributed by atoms with Crippen molar-refractivity contribution in [1.82, 2.24) is 4.98 Å². The van der Waals surface area contributed by atoms with Gasteiger partial charge in [-0.15, -0.1) is 11.3 Å². The second-order valence-electron chi connectivity index (χ2n) is 3.86. The SMILES string of the molecule is Cc1ccc(OCc2nccs2)c(CCN)c1. The Kier molecular flexibility index (Phi) is 4.12. The Morgan fingerprint density at radius 1 is 1.41 bits per heavy atom. The first-order valence-electron chi connectivity index (χ1n) is 5.60. The summed E-state index contributed by atoms with van der Waals surface area (Å²) in [4.78, 5) is 4.19. The molecular weight excluding hydrogens is 232 g/mol. The van der Waals surface area contributed by atoms with Crippen molar-refractivity contribution in [3.05, 3.63) is 45.9 Å². The van der Waals surface area contributed by atoms with Gasteiger partial charge in [0, 0.05) is 11.6 Å². The van der Waals surface area contributed by atoms with Crippen LogP contribution in [0, 0.1) is 6.92 Å². The Bertz CT molecular complexity index is 468. The van der Waals surface area contributed by atoms with Gasteiger partial charge in [-0.1, -0.05) is 17.7 Å². The number of nitrogens with zero attached hydrogens (tertiary/aromatic N) is 1. The molecule has 0 aliphatic rings. The van der Waals surface area contributed by atoms with Gasteiger partial charge in [-0.3, -0.25) is 0 Å². The molecule has 0 saturated heterocycles. The number of ether oxygens (including phenoxy) is 1. The van der Waals surface area contributed by atoms with Crippen LogP contribution < -0.4 is 10.5 Å². The maximum absolute atomic E-state index is 5.78. The average Bonchev–Trinajstić information content (AvgIpc) is 2.81. The first-order valence-corrected chi connectivity index (χ1v) is 6.48. The maximum Gasteiger partial charge on any atom is 0.140 e. The lowest BCUT2D eigenvalue weighted by Gasteiger charge is -2.10.